The summed E-state index contributed by atoms with van der Waals surface area (Å²) in [5, 5.41) is 3.55. The van der Waals surface area contributed by atoms with E-state index in [1.165, 1.54) is 25.7 Å². The molecule has 1 rings (SSSR count). The van der Waals surface area contributed by atoms with Gasteiger partial charge in [0.2, 0.25) is 0 Å². The predicted octanol–water partition coefficient (Wildman–Crippen LogP) is 4.24. The molecule has 0 spiro atoms. The quantitative estimate of drug-likeness (QED) is 0.695. The Morgan fingerprint density at radius 3 is 2.62 bits per heavy atom. The Morgan fingerprint density at radius 1 is 1.25 bits per heavy atom. The molecule has 0 saturated heterocycles. The van der Waals surface area contributed by atoms with E-state index >= 15 is 0 Å². The summed E-state index contributed by atoms with van der Waals surface area (Å²) in [6.07, 6.45) is 8.08. The summed E-state index contributed by atoms with van der Waals surface area (Å²) in [5.41, 5.74) is 0.184. The zero-order valence-corrected chi connectivity index (χ0v) is 10.8. The van der Waals surface area contributed by atoms with Crippen molar-refractivity contribution in [3.8, 4) is 0 Å². The van der Waals surface area contributed by atoms with Crippen LogP contribution in [-0.2, 0) is 0 Å². The molecule has 0 fully saturated rings. The van der Waals surface area contributed by atoms with E-state index in [0.717, 1.165) is 12.2 Å². The molecule has 2 nitrogen and oxygen atoms in total. The SMILES string of the molecule is CCCCCC(C)(CC)Nc1ccccn1. The maximum absolute atomic E-state index is 4.33. The zero-order valence-electron chi connectivity index (χ0n) is 10.8. The number of nitrogens with one attached hydrogen (secondary N) is 1. The van der Waals surface area contributed by atoms with Crippen LogP contribution in [0.1, 0.15) is 52.9 Å². The van der Waals surface area contributed by atoms with Gasteiger partial charge in [0.05, 0.1) is 0 Å². The summed E-state index contributed by atoms with van der Waals surface area (Å²) in [6.45, 7) is 6.77. The minimum atomic E-state index is 0.184. The minimum absolute atomic E-state index is 0.184. The summed E-state index contributed by atoms with van der Waals surface area (Å²) in [6, 6.07) is 6.01. The van der Waals surface area contributed by atoms with Gasteiger partial charge in [-0.3, -0.25) is 0 Å². The molecule has 0 aliphatic rings. The molecule has 1 aromatic rings. The lowest BCUT2D eigenvalue weighted by Gasteiger charge is -2.30. The maximum atomic E-state index is 4.33. The molecule has 90 valence electrons. The smallest absolute Gasteiger partial charge is 0.126 e. The second-order valence-electron chi connectivity index (χ2n) is 4.71. The van der Waals surface area contributed by atoms with Crippen LogP contribution < -0.4 is 5.32 Å². The van der Waals surface area contributed by atoms with Crippen molar-refractivity contribution in [2.24, 2.45) is 0 Å². The van der Waals surface area contributed by atoms with Crippen molar-refractivity contribution in [3.63, 3.8) is 0 Å². The minimum Gasteiger partial charge on any atom is -0.365 e. The van der Waals surface area contributed by atoms with Crippen LogP contribution in [0, 0.1) is 0 Å². The molecule has 0 aromatic carbocycles. The third kappa shape index (κ3) is 4.21. The first-order chi connectivity index (χ1) is 7.70. The number of unbranched alkanes of at least 4 members (excludes halogenated alkanes) is 2. The van der Waals surface area contributed by atoms with E-state index in [1.54, 1.807) is 0 Å². The van der Waals surface area contributed by atoms with E-state index in [4.69, 9.17) is 0 Å². The summed E-state index contributed by atoms with van der Waals surface area (Å²) in [4.78, 5) is 4.33. The van der Waals surface area contributed by atoms with Crippen LogP contribution in [0.3, 0.4) is 0 Å². The first kappa shape index (κ1) is 13.0. The molecule has 1 unspecified atom stereocenters. The summed E-state index contributed by atoms with van der Waals surface area (Å²) in [7, 11) is 0. The van der Waals surface area contributed by atoms with Crippen LogP contribution in [0.5, 0.6) is 0 Å². The van der Waals surface area contributed by atoms with Crippen molar-refractivity contribution in [3.05, 3.63) is 24.4 Å². The molecule has 0 aliphatic carbocycles. The lowest BCUT2D eigenvalue weighted by molar-refractivity contribution is 0.431. The number of aromatic nitrogens is 1. The van der Waals surface area contributed by atoms with Gasteiger partial charge in [-0.1, -0.05) is 39.2 Å². The van der Waals surface area contributed by atoms with E-state index in [-0.39, 0.29) is 5.54 Å². The molecule has 1 N–H and O–H groups in total. The van der Waals surface area contributed by atoms with Gasteiger partial charge >= 0.3 is 0 Å². The fraction of sp³-hybridized carbons (Fsp3) is 0.643. The van der Waals surface area contributed by atoms with Crippen molar-refractivity contribution in [1.29, 1.82) is 0 Å². The van der Waals surface area contributed by atoms with Gasteiger partial charge in [0.1, 0.15) is 5.82 Å². The van der Waals surface area contributed by atoms with Crippen LogP contribution >= 0.6 is 0 Å². The van der Waals surface area contributed by atoms with Crippen molar-refractivity contribution in [2.75, 3.05) is 5.32 Å². The molecule has 0 radical (unpaired) electrons. The highest BCUT2D eigenvalue weighted by molar-refractivity contribution is 5.36. The van der Waals surface area contributed by atoms with Crippen molar-refractivity contribution < 1.29 is 0 Å². The van der Waals surface area contributed by atoms with E-state index in [1.807, 2.05) is 24.4 Å². The number of nitrogens with zero attached hydrogens (tertiary/aromatic N) is 1. The molecule has 0 aliphatic heterocycles. The first-order valence-electron chi connectivity index (χ1n) is 6.39. The first-order valence-corrected chi connectivity index (χ1v) is 6.39. The van der Waals surface area contributed by atoms with Crippen LogP contribution in [-0.4, -0.2) is 10.5 Å². The standard InChI is InChI=1S/C14H24N2/c1-4-6-8-11-14(3,5-2)16-13-10-7-9-12-15-13/h7,9-10,12H,4-6,8,11H2,1-3H3,(H,15,16). The maximum Gasteiger partial charge on any atom is 0.126 e. The summed E-state index contributed by atoms with van der Waals surface area (Å²) in [5.74, 6) is 0.989. The second-order valence-corrected chi connectivity index (χ2v) is 4.71. The monoisotopic (exact) mass is 220 g/mol. The van der Waals surface area contributed by atoms with Crippen LogP contribution in [0.2, 0.25) is 0 Å². The van der Waals surface area contributed by atoms with Gasteiger partial charge in [-0.25, -0.2) is 4.98 Å². The fourth-order valence-electron chi connectivity index (χ4n) is 1.84. The normalized spacial score (nSPS) is 14.4. The van der Waals surface area contributed by atoms with Gasteiger partial charge in [-0.2, -0.15) is 0 Å². The average molecular weight is 220 g/mol. The van der Waals surface area contributed by atoms with E-state index in [0.29, 0.717) is 0 Å². The predicted molar refractivity (Wildman–Crippen MR) is 70.7 cm³/mol. The molecule has 0 bridgehead atoms. The highest BCUT2D eigenvalue weighted by Crippen LogP contribution is 2.23. The van der Waals surface area contributed by atoms with Crippen molar-refractivity contribution in [1.82, 2.24) is 4.98 Å². The third-order valence-electron chi connectivity index (χ3n) is 3.21. The van der Waals surface area contributed by atoms with E-state index in [2.05, 4.69) is 31.1 Å². The molecule has 1 aromatic heterocycles. The third-order valence-corrected chi connectivity index (χ3v) is 3.21. The number of pyridine rings is 1. The topological polar surface area (TPSA) is 24.9 Å². The molecule has 0 saturated carbocycles. The Hall–Kier alpha value is -1.05. The van der Waals surface area contributed by atoms with Gasteiger partial charge < -0.3 is 5.32 Å². The van der Waals surface area contributed by atoms with Gasteiger partial charge in [-0.15, -0.1) is 0 Å². The Labute approximate surface area is 99.5 Å². The Bertz CT molecular complexity index is 284. The molecule has 16 heavy (non-hydrogen) atoms. The van der Waals surface area contributed by atoms with Crippen molar-refractivity contribution >= 4 is 5.82 Å². The summed E-state index contributed by atoms with van der Waals surface area (Å²) < 4.78 is 0. The Morgan fingerprint density at radius 2 is 2.06 bits per heavy atom. The van der Waals surface area contributed by atoms with Gasteiger partial charge in [-0.05, 0) is 31.9 Å². The Kier molecular flexibility index (Phi) is 5.30. The highest BCUT2D eigenvalue weighted by atomic mass is 15.0. The highest BCUT2D eigenvalue weighted by Gasteiger charge is 2.21. The van der Waals surface area contributed by atoms with Crippen LogP contribution in [0.4, 0.5) is 5.82 Å². The molecule has 1 heterocycles. The molecule has 0 amide bonds. The van der Waals surface area contributed by atoms with Gasteiger partial charge in [0.15, 0.2) is 0 Å². The average Bonchev–Trinajstić information content (AvgIpc) is 2.31. The van der Waals surface area contributed by atoms with Crippen molar-refractivity contribution in [2.45, 2.75) is 58.4 Å². The Balaban J connectivity index is 2.52. The van der Waals surface area contributed by atoms with E-state index < -0.39 is 0 Å². The number of hydrogen-bond acceptors (Lipinski definition) is 2. The van der Waals surface area contributed by atoms with Gasteiger partial charge in [0, 0.05) is 11.7 Å². The molecular weight excluding hydrogens is 196 g/mol. The van der Waals surface area contributed by atoms with Crippen LogP contribution in [0.25, 0.3) is 0 Å². The van der Waals surface area contributed by atoms with Gasteiger partial charge in [0.25, 0.3) is 0 Å². The summed E-state index contributed by atoms with van der Waals surface area (Å²) >= 11 is 0. The largest absolute Gasteiger partial charge is 0.365 e. The van der Waals surface area contributed by atoms with Crippen LogP contribution in [0.15, 0.2) is 24.4 Å². The number of anilines is 1. The molecule has 1 atom stereocenters. The lowest BCUT2D eigenvalue weighted by atomic mass is 9.91. The number of rotatable bonds is 7. The second kappa shape index (κ2) is 6.51. The molecule has 2 heteroatoms. The van der Waals surface area contributed by atoms with E-state index in [9.17, 15) is 0 Å². The lowest BCUT2D eigenvalue weighted by Crippen LogP contribution is -2.34. The molecular formula is C14H24N2. The fourth-order valence-corrected chi connectivity index (χ4v) is 1.84. The number of hydrogen-bond donors (Lipinski definition) is 1. The zero-order chi connectivity index (χ0) is 11.9.